The molecule has 0 aliphatic rings. The maximum absolute atomic E-state index is 10.7. The normalized spacial score (nSPS) is 12.6. The number of rotatable bonds is 2. The summed E-state index contributed by atoms with van der Waals surface area (Å²) < 4.78 is -0.454. The molecule has 0 saturated heterocycles. The quantitative estimate of drug-likeness (QED) is 0.817. The molecule has 0 aromatic heterocycles. The van der Waals surface area contributed by atoms with Gasteiger partial charge < -0.3 is 5.11 Å². The molecular weight excluding hydrogens is 243 g/mol. The van der Waals surface area contributed by atoms with E-state index in [0.29, 0.717) is 10.6 Å². The molecule has 0 aliphatic carbocycles. The molecule has 0 saturated carbocycles. The molecule has 0 amide bonds. The number of hydrogen-bond donors (Lipinski definition) is 1. The van der Waals surface area contributed by atoms with Crippen molar-refractivity contribution in [3.63, 3.8) is 0 Å². The second-order valence-corrected chi connectivity index (χ2v) is 3.48. The fraction of sp³-hybridized carbons (Fsp3) is 0.125. The Morgan fingerprint density at radius 1 is 1.42 bits per heavy atom. The zero-order valence-electron chi connectivity index (χ0n) is 6.00. The van der Waals surface area contributed by atoms with E-state index in [-0.39, 0.29) is 0 Å². The van der Waals surface area contributed by atoms with Crippen LogP contribution in [0.15, 0.2) is 24.3 Å². The van der Waals surface area contributed by atoms with Crippen molar-refractivity contribution < 1.29 is 9.90 Å². The molecule has 1 rings (SSSR count). The summed E-state index contributed by atoms with van der Waals surface area (Å²) in [5.41, 5.74) is 0.529. The molecule has 0 aliphatic heterocycles. The second-order valence-electron chi connectivity index (χ2n) is 2.26. The standard InChI is InChI=1S/C8H6BrClO2/c9-8(12)7(11)5-1-3-6(10)4-2-5/h1-4,7,11H/t7-/m1/s1. The third kappa shape index (κ3) is 2.30. The topological polar surface area (TPSA) is 37.3 Å². The summed E-state index contributed by atoms with van der Waals surface area (Å²) in [5, 5.41) is 9.83. The molecule has 0 unspecified atom stereocenters. The molecule has 0 spiro atoms. The second kappa shape index (κ2) is 4.03. The lowest BCUT2D eigenvalue weighted by atomic mass is 10.1. The molecule has 0 heterocycles. The van der Waals surface area contributed by atoms with Crippen LogP contribution in [0.5, 0.6) is 0 Å². The smallest absolute Gasteiger partial charge is 0.230 e. The number of carbonyl (C=O) groups is 1. The summed E-state index contributed by atoms with van der Waals surface area (Å²) in [6, 6.07) is 6.45. The van der Waals surface area contributed by atoms with Crippen LogP contribution in [0, 0.1) is 0 Å². The predicted molar refractivity (Wildman–Crippen MR) is 50.3 cm³/mol. The first-order valence-electron chi connectivity index (χ1n) is 3.24. The van der Waals surface area contributed by atoms with Crippen molar-refractivity contribution in [2.75, 3.05) is 0 Å². The fourth-order valence-corrected chi connectivity index (χ4v) is 1.17. The zero-order valence-corrected chi connectivity index (χ0v) is 8.34. The summed E-state index contributed by atoms with van der Waals surface area (Å²) in [6.07, 6.45) is -1.11. The van der Waals surface area contributed by atoms with Crippen LogP contribution < -0.4 is 0 Å². The Labute approximate surface area is 83.3 Å². The van der Waals surface area contributed by atoms with Gasteiger partial charge in [-0.15, -0.1) is 0 Å². The van der Waals surface area contributed by atoms with Crippen LogP contribution in [0.3, 0.4) is 0 Å². The van der Waals surface area contributed by atoms with Crippen LogP contribution in [0.1, 0.15) is 11.7 Å². The Morgan fingerprint density at radius 2 is 1.92 bits per heavy atom. The minimum atomic E-state index is -1.11. The molecule has 12 heavy (non-hydrogen) atoms. The maximum atomic E-state index is 10.7. The van der Waals surface area contributed by atoms with Gasteiger partial charge in [-0.3, -0.25) is 4.79 Å². The highest BCUT2D eigenvalue weighted by molar-refractivity contribution is 9.18. The molecule has 1 N–H and O–H groups in total. The Balaban J connectivity index is 2.89. The minimum absolute atomic E-state index is 0.454. The molecule has 0 radical (unpaired) electrons. The monoisotopic (exact) mass is 248 g/mol. The predicted octanol–water partition coefficient (Wildman–Crippen LogP) is 2.29. The van der Waals surface area contributed by atoms with Crippen molar-refractivity contribution in [2.45, 2.75) is 6.10 Å². The first kappa shape index (κ1) is 9.71. The third-order valence-electron chi connectivity index (χ3n) is 1.40. The fourth-order valence-electron chi connectivity index (χ4n) is 0.776. The van der Waals surface area contributed by atoms with Gasteiger partial charge in [0.05, 0.1) is 0 Å². The van der Waals surface area contributed by atoms with Gasteiger partial charge in [-0.25, -0.2) is 0 Å². The van der Waals surface area contributed by atoms with Crippen molar-refractivity contribution in [2.24, 2.45) is 0 Å². The van der Waals surface area contributed by atoms with Gasteiger partial charge in [-0.2, -0.15) is 0 Å². The highest BCUT2D eigenvalue weighted by Gasteiger charge is 2.13. The number of halogens is 2. The molecule has 2 nitrogen and oxygen atoms in total. The van der Waals surface area contributed by atoms with E-state index in [1.54, 1.807) is 24.3 Å². The Kier molecular flexibility index (Phi) is 3.26. The lowest BCUT2D eigenvalue weighted by molar-refractivity contribution is -0.117. The summed E-state index contributed by atoms with van der Waals surface area (Å²) in [5.74, 6) is 0. The van der Waals surface area contributed by atoms with Gasteiger partial charge in [0.1, 0.15) is 6.10 Å². The molecular formula is C8H6BrClO2. The third-order valence-corrected chi connectivity index (χ3v) is 2.09. The molecule has 0 bridgehead atoms. The zero-order chi connectivity index (χ0) is 9.14. The first-order chi connectivity index (χ1) is 5.61. The lowest BCUT2D eigenvalue weighted by Crippen LogP contribution is -2.03. The number of aliphatic hydroxyl groups is 1. The highest BCUT2D eigenvalue weighted by Crippen LogP contribution is 2.18. The van der Waals surface area contributed by atoms with Gasteiger partial charge in [0.15, 0.2) is 0 Å². The number of hydrogen-bond acceptors (Lipinski definition) is 2. The average Bonchev–Trinajstić information content (AvgIpc) is 2.04. The van der Waals surface area contributed by atoms with Gasteiger partial charge in [0, 0.05) is 5.02 Å². The Bertz CT molecular complexity index is 284. The van der Waals surface area contributed by atoms with Gasteiger partial charge >= 0.3 is 0 Å². The van der Waals surface area contributed by atoms with E-state index >= 15 is 0 Å². The number of benzene rings is 1. The van der Waals surface area contributed by atoms with E-state index in [0.717, 1.165) is 0 Å². The van der Waals surface area contributed by atoms with Gasteiger partial charge in [-0.1, -0.05) is 23.7 Å². The van der Waals surface area contributed by atoms with E-state index in [1.807, 2.05) is 0 Å². The average molecular weight is 249 g/mol. The summed E-state index contributed by atoms with van der Waals surface area (Å²) in [6.45, 7) is 0. The summed E-state index contributed by atoms with van der Waals surface area (Å²) in [4.78, 5) is 10.7. The summed E-state index contributed by atoms with van der Waals surface area (Å²) in [7, 11) is 0. The molecule has 1 aromatic carbocycles. The molecule has 64 valence electrons. The SMILES string of the molecule is O=C(Br)[C@H](O)c1ccc(Cl)cc1. The molecule has 1 aromatic rings. The molecule has 0 fully saturated rings. The van der Waals surface area contributed by atoms with Crippen molar-refractivity contribution >= 4 is 32.2 Å². The van der Waals surface area contributed by atoms with E-state index in [9.17, 15) is 9.90 Å². The van der Waals surface area contributed by atoms with Crippen molar-refractivity contribution in [3.8, 4) is 0 Å². The minimum Gasteiger partial charge on any atom is -0.380 e. The Morgan fingerprint density at radius 3 is 2.33 bits per heavy atom. The van der Waals surface area contributed by atoms with Gasteiger partial charge in [0.2, 0.25) is 4.69 Å². The van der Waals surface area contributed by atoms with E-state index < -0.39 is 10.8 Å². The number of carbonyl (C=O) groups excluding carboxylic acids is 1. The van der Waals surface area contributed by atoms with Gasteiger partial charge in [-0.05, 0) is 33.6 Å². The largest absolute Gasteiger partial charge is 0.380 e. The van der Waals surface area contributed by atoms with E-state index in [4.69, 9.17) is 11.6 Å². The molecule has 4 heteroatoms. The van der Waals surface area contributed by atoms with Crippen molar-refractivity contribution in [3.05, 3.63) is 34.9 Å². The lowest BCUT2D eigenvalue weighted by Gasteiger charge is -2.04. The van der Waals surface area contributed by atoms with Crippen LogP contribution in [0.4, 0.5) is 0 Å². The van der Waals surface area contributed by atoms with Crippen molar-refractivity contribution in [1.29, 1.82) is 0 Å². The van der Waals surface area contributed by atoms with E-state index in [2.05, 4.69) is 15.9 Å². The van der Waals surface area contributed by atoms with E-state index in [1.165, 1.54) is 0 Å². The summed E-state index contributed by atoms with van der Waals surface area (Å²) >= 11 is 8.29. The van der Waals surface area contributed by atoms with Crippen molar-refractivity contribution in [1.82, 2.24) is 0 Å². The highest BCUT2D eigenvalue weighted by atomic mass is 79.9. The van der Waals surface area contributed by atoms with Crippen LogP contribution >= 0.6 is 27.5 Å². The van der Waals surface area contributed by atoms with Crippen LogP contribution in [-0.2, 0) is 4.79 Å². The van der Waals surface area contributed by atoms with Crippen LogP contribution in [-0.4, -0.2) is 9.80 Å². The van der Waals surface area contributed by atoms with Crippen LogP contribution in [0.25, 0.3) is 0 Å². The molecule has 1 atom stereocenters. The first-order valence-corrected chi connectivity index (χ1v) is 4.41. The van der Waals surface area contributed by atoms with Gasteiger partial charge in [0.25, 0.3) is 0 Å². The Hall–Kier alpha value is -0.380. The maximum Gasteiger partial charge on any atom is 0.230 e. The van der Waals surface area contributed by atoms with Crippen LogP contribution in [0.2, 0.25) is 5.02 Å². The number of aliphatic hydroxyl groups excluding tert-OH is 1.